The summed E-state index contributed by atoms with van der Waals surface area (Å²) >= 11 is 0. The largest absolute Gasteiger partial charge is 0.479 e. The third-order valence-electron chi connectivity index (χ3n) is 5.09. The van der Waals surface area contributed by atoms with Gasteiger partial charge in [0.1, 0.15) is 5.60 Å². The van der Waals surface area contributed by atoms with E-state index in [1.54, 1.807) is 25.4 Å². The second-order valence-corrected chi connectivity index (χ2v) is 8.73. The summed E-state index contributed by atoms with van der Waals surface area (Å²) in [6.07, 6.45) is 2.13. The van der Waals surface area contributed by atoms with Gasteiger partial charge in [-0.05, 0) is 63.6 Å². The molecular weight excluding hydrogens is 420 g/mol. The molecule has 3 heterocycles. The van der Waals surface area contributed by atoms with Gasteiger partial charge >= 0.3 is 6.09 Å². The molecule has 0 radical (unpaired) electrons. The van der Waals surface area contributed by atoms with Crippen molar-refractivity contribution in [2.45, 2.75) is 39.4 Å². The molecule has 8 nitrogen and oxygen atoms in total. The summed E-state index contributed by atoms with van der Waals surface area (Å²) in [7, 11) is 1.51. The molecule has 170 valence electrons. The van der Waals surface area contributed by atoms with Crippen LogP contribution in [0.15, 0.2) is 54.9 Å². The second kappa shape index (κ2) is 8.63. The van der Waals surface area contributed by atoms with Crippen LogP contribution in [-0.4, -0.2) is 43.7 Å². The summed E-state index contributed by atoms with van der Waals surface area (Å²) < 4.78 is 12.7. The molecule has 33 heavy (non-hydrogen) atoms. The van der Waals surface area contributed by atoms with Gasteiger partial charge in [-0.3, -0.25) is 4.98 Å². The average Bonchev–Trinajstić information content (AvgIpc) is 3.17. The van der Waals surface area contributed by atoms with Crippen LogP contribution in [0.2, 0.25) is 0 Å². The minimum atomic E-state index is -0.699. The van der Waals surface area contributed by atoms with E-state index >= 15 is 0 Å². The van der Waals surface area contributed by atoms with Crippen LogP contribution in [0.25, 0.3) is 33.4 Å². The summed E-state index contributed by atoms with van der Waals surface area (Å²) in [5, 5.41) is 19.4. The highest BCUT2D eigenvalue weighted by Gasteiger charge is 2.25. The van der Waals surface area contributed by atoms with Crippen molar-refractivity contribution in [1.29, 1.82) is 0 Å². The van der Waals surface area contributed by atoms with Crippen molar-refractivity contribution in [2.75, 3.05) is 7.11 Å². The van der Waals surface area contributed by atoms with E-state index < -0.39 is 17.8 Å². The number of hydrogen-bond acceptors (Lipinski definition) is 7. The molecule has 0 aliphatic rings. The van der Waals surface area contributed by atoms with Gasteiger partial charge in [0.15, 0.2) is 0 Å². The molecule has 0 aliphatic heterocycles. The second-order valence-electron chi connectivity index (χ2n) is 8.73. The van der Waals surface area contributed by atoms with E-state index in [4.69, 9.17) is 9.47 Å². The Morgan fingerprint density at radius 1 is 1.06 bits per heavy atom. The lowest BCUT2D eigenvalue weighted by Gasteiger charge is -2.21. The first-order chi connectivity index (χ1) is 15.7. The van der Waals surface area contributed by atoms with E-state index in [-0.39, 0.29) is 5.88 Å². The van der Waals surface area contributed by atoms with Gasteiger partial charge in [-0.25, -0.2) is 9.36 Å². The number of fused-ring (bicyclic) bond motifs is 1. The number of carbonyl (C=O) groups excluding carboxylic acids is 1. The van der Waals surface area contributed by atoms with Crippen molar-refractivity contribution in [1.82, 2.24) is 19.7 Å². The van der Waals surface area contributed by atoms with Gasteiger partial charge in [0, 0.05) is 23.3 Å². The Balaban J connectivity index is 1.98. The van der Waals surface area contributed by atoms with E-state index in [9.17, 15) is 9.90 Å². The predicted octanol–water partition coefficient (Wildman–Crippen LogP) is 5.01. The Hall–Kier alpha value is -3.78. The number of aliphatic hydroxyl groups excluding tert-OH is 1. The van der Waals surface area contributed by atoms with Crippen molar-refractivity contribution in [3.8, 4) is 28.4 Å². The van der Waals surface area contributed by atoms with Crippen molar-refractivity contribution >= 4 is 17.0 Å². The number of aromatic nitrogens is 4. The van der Waals surface area contributed by atoms with Gasteiger partial charge in [0.2, 0.25) is 5.88 Å². The highest BCUT2D eigenvalue weighted by Crippen LogP contribution is 2.36. The lowest BCUT2D eigenvalue weighted by Crippen LogP contribution is -2.27. The molecule has 0 amide bonds. The van der Waals surface area contributed by atoms with E-state index in [1.807, 2.05) is 57.2 Å². The smallest absolute Gasteiger partial charge is 0.419 e. The summed E-state index contributed by atoms with van der Waals surface area (Å²) in [5.74, 6) is 0.274. The standard InChI is InChI=1S/C25H26N4O4/c1-15(30)17-6-7-18-13-22(29(21(18)12-17)24(31)33-25(2,3)4)19-14-20(27-28-23(19)32-5)16-8-10-26-11-9-16/h6-15,30H,1-5H3. The zero-order valence-electron chi connectivity index (χ0n) is 19.2. The molecule has 1 atom stereocenters. The fraction of sp³-hybridized carbons (Fsp3) is 0.280. The summed E-state index contributed by atoms with van der Waals surface area (Å²) in [4.78, 5) is 17.4. The topological polar surface area (TPSA) is 99.4 Å². The summed E-state index contributed by atoms with van der Waals surface area (Å²) in [5.41, 5.74) is 3.17. The van der Waals surface area contributed by atoms with Crippen LogP contribution in [-0.2, 0) is 4.74 Å². The Morgan fingerprint density at radius 3 is 2.42 bits per heavy atom. The van der Waals surface area contributed by atoms with Crippen LogP contribution >= 0.6 is 0 Å². The van der Waals surface area contributed by atoms with E-state index in [2.05, 4.69) is 15.2 Å². The summed E-state index contributed by atoms with van der Waals surface area (Å²) in [6.45, 7) is 7.12. The van der Waals surface area contributed by atoms with E-state index in [1.165, 1.54) is 11.7 Å². The molecule has 4 aromatic rings. The Kier molecular flexibility index (Phi) is 5.86. The number of rotatable bonds is 4. The number of ether oxygens (including phenoxy) is 2. The maximum atomic E-state index is 13.4. The Labute approximate surface area is 191 Å². The third kappa shape index (κ3) is 4.56. The number of methoxy groups -OCH3 is 1. The number of aliphatic hydroxyl groups is 1. The maximum absolute atomic E-state index is 13.4. The molecule has 0 saturated carbocycles. The number of hydrogen-bond donors (Lipinski definition) is 1. The fourth-order valence-corrected chi connectivity index (χ4v) is 3.56. The number of nitrogens with zero attached hydrogens (tertiary/aromatic N) is 4. The fourth-order valence-electron chi connectivity index (χ4n) is 3.56. The van der Waals surface area contributed by atoms with Crippen LogP contribution in [0, 0.1) is 0 Å². The van der Waals surface area contributed by atoms with Gasteiger partial charge in [-0.1, -0.05) is 12.1 Å². The maximum Gasteiger partial charge on any atom is 0.419 e. The van der Waals surface area contributed by atoms with Crippen molar-refractivity contribution in [3.63, 3.8) is 0 Å². The van der Waals surface area contributed by atoms with Gasteiger partial charge < -0.3 is 14.6 Å². The number of benzene rings is 1. The number of carbonyl (C=O) groups is 1. The third-order valence-corrected chi connectivity index (χ3v) is 5.09. The molecule has 3 aromatic heterocycles. The van der Waals surface area contributed by atoms with Gasteiger partial charge in [0.05, 0.1) is 35.7 Å². The van der Waals surface area contributed by atoms with E-state index in [0.29, 0.717) is 28.0 Å². The zero-order valence-corrected chi connectivity index (χ0v) is 19.2. The SMILES string of the molecule is COc1nnc(-c2ccncc2)cc1-c1cc2ccc(C(C)O)cc2n1C(=O)OC(C)(C)C. The lowest BCUT2D eigenvalue weighted by atomic mass is 10.1. The first-order valence-corrected chi connectivity index (χ1v) is 10.6. The highest BCUT2D eigenvalue weighted by molar-refractivity contribution is 5.97. The molecule has 1 unspecified atom stereocenters. The average molecular weight is 447 g/mol. The molecule has 0 spiro atoms. The number of pyridine rings is 1. The molecule has 0 saturated heterocycles. The monoisotopic (exact) mass is 446 g/mol. The van der Waals surface area contributed by atoms with Crippen LogP contribution < -0.4 is 4.74 Å². The Morgan fingerprint density at radius 2 is 1.79 bits per heavy atom. The minimum Gasteiger partial charge on any atom is -0.479 e. The molecule has 0 fully saturated rings. The van der Waals surface area contributed by atoms with Crippen molar-refractivity contribution in [2.24, 2.45) is 0 Å². The summed E-state index contributed by atoms with van der Waals surface area (Å²) in [6, 6.07) is 12.9. The van der Waals surface area contributed by atoms with Gasteiger partial charge in [-0.15, -0.1) is 10.2 Å². The van der Waals surface area contributed by atoms with Crippen LogP contribution in [0.5, 0.6) is 5.88 Å². The van der Waals surface area contributed by atoms with Gasteiger partial charge in [0.25, 0.3) is 0 Å². The minimum absolute atomic E-state index is 0.274. The first-order valence-electron chi connectivity index (χ1n) is 10.6. The predicted molar refractivity (Wildman–Crippen MR) is 125 cm³/mol. The van der Waals surface area contributed by atoms with Crippen LogP contribution in [0.3, 0.4) is 0 Å². The molecule has 0 bridgehead atoms. The molecule has 8 heteroatoms. The molecule has 4 rings (SSSR count). The zero-order chi connectivity index (χ0) is 23.8. The normalized spacial score (nSPS) is 12.5. The van der Waals surface area contributed by atoms with Crippen LogP contribution in [0.1, 0.15) is 39.4 Å². The quantitative estimate of drug-likeness (QED) is 0.471. The van der Waals surface area contributed by atoms with Crippen LogP contribution in [0.4, 0.5) is 4.79 Å². The molecular formula is C25H26N4O4. The molecule has 0 aliphatic carbocycles. The highest BCUT2D eigenvalue weighted by atomic mass is 16.6. The van der Waals surface area contributed by atoms with E-state index in [0.717, 1.165) is 10.9 Å². The molecule has 1 aromatic carbocycles. The first kappa shape index (κ1) is 22.4. The lowest BCUT2D eigenvalue weighted by molar-refractivity contribution is 0.0547. The van der Waals surface area contributed by atoms with Gasteiger partial charge in [-0.2, -0.15) is 0 Å². The Bertz CT molecular complexity index is 1310. The van der Waals surface area contributed by atoms with Crippen molar-refractivity contribution < 1.29 is 19.4 Å². The molecule has 1 N–H and O–H groups in total. The van der Waals surface area contributed by atoms with Crippen molar-refractivity contribution in [3.05, 3.63) is 60.4 Å².